The third-order valence-corrected chi connectivity index (χ3v) is 3.48. The number of anilines is 1. The van der Waals surface area contributed by atoms with Crippen LogP contribution >= 0.6 is 11.8 Å². The van der Waals surface area contributed by atoms with E-state index in [1.54, 1.807) is 30.4 Å². The molecule has 0 radical (unpaired) electrons. The SMILES string of the molecule is Nc1ccc(Sc2ncnc3ccccc23)cn1. The van der Waals surface area contributed by atoms with Crippen LogP contribution in [0.1, 0.15) is 0 Å². The molecule has 0 aliphatic carbocycles. The van der Waals surface area contributed by atoms with Crippen molar-refractivity contribution >= 4 is 28.5 Å². The van der Waals surface area contributed by atoms with Gasteiger partial charge < -0.3 is 5.73 Å². The van der Waals surface area contributed by atoms with Gasteiger partial charge in [-0.25, -0.2) is 15.0 Å². The van der Waals surface area contributed by atoms with Crippen LogP contribution in [0.25, 0.3) is 10.9 Å². The summed E-state index contributed by atoms with van der Waals surface area (Å²) in [4.78, 5) is 13.6. The Labute approximate surface area is 108 Å². The molecule has 0 amide bonds. The van der Waals surface area contributed by atoms with Crippen molar-refractivity contribution in [1.82, 2.24) is 15.0 Å². The summed E-state index contributed by atoms with van der Waals surface area (Å²) in [5, 5.41) is 1.97. The third-order valence-electron chi connectivity index (χ3n) is 2.48. The minimum atomic E-state index is 0.520. The fourth-order valence-corrected chi connectivity index (χ4v) is 2.47. The second-order valence-corrected chi connectivity index (χ2v) is 4.78. The Balaban J connectivity index is 2.02. The van der Waals surface area contributed by atoms with Crippen molar-refractivity contribution < 1.29 is 0 Å². The molecule has 2 heterocycles. The van der Waals surface area contributed by atoms with Crippen LogP contribution in [-0.4, -0.2) is 15.0 Å². The third kappa shape index (κ3) is 2.12. The molecule has 0 spiro atoms. The van der Waals surface area contributed by atoms with Gasteiger partial charge in [0, 0.05) is 16.5 Å². The zero-order valence-corrected chi connectivity index (χ0v) is 10.3. The molecule has 0 saturated heterocycles. The largest absolute Gasteiger partial charge is 0.384 e. The molecule has 0 aliphatic rings. The van der Waals surface area contributed by atoms with Crippen LogP contribution < -0.4 is 5.73 Å². The summed E-state index contributed by atoms with van der Waals surface area (Å²) in [6.07, 6.45) is 3.33. The van der Waals surface area contributed by atoms with Crippen LogP contribution in [-0.2, 0) is 0 Å². The van der Waals surface area contributed by atoms with Gasteiger partial charge in [-0.2, -0.15) is 0 Å². The van der Waals surface area contributed by atoms with E-state index in [2.05, 4.69) is 15.0 Å². The number of nitrogens with two attached hydrogens (primary N) is 1. The fraction of sp³-hybridized carbons (Fsp3) is 0. The Morgan fingerprint density at radius 3 is 2.67 bits per heavy atom. The average molecular weight is 254 g/mol. The number of nitrogen functional groups attached to an aromatic ring is 1. The lowest BCUT2D eigenvalue weighted by molar-refractivity contribution is 1.10. The highest BCUT2D eigenvalue weighted by Gasteiger charge is 2.05. The molecule has 4 nitrogen and oxygen atoms in total. The van der Waals surface area contributed by atoms with Gasteiger partial charge >= 0.3 is 0 Å². The average Bonchev–Trinajstić information content (AvgIpc) is 2.42. The lowest BCUT2D eigenvalue weighted by atomic mass is 10.2. The van der Waals surface area contributed by atoms with Gasteiger partial charge in [-0.15, -0.1) is 0 Å². The topological polar surface area (TPSA) is 64.7 Å². The van der Waals surface area contributed by atoms with Gasteiger partial charge in [0.25, 0.3) is 0 Å². The molecule has 0 unspecified atom stereocenters. The van der Waals surface area contributed by atoms with E-state index in [0.717, 1.165) is 20.8 Å². The van der Waals surface area contributed by atoms with Crippen molar-refractivity contribution in [3.8, 4) is 0 Å². The van der Waals surface area contributed by atoms with Gasteiger partial charge in [0.2, 0.25) is 0 Å². The number of hydrogen-bond donors (Lipinski definition) is 1. The monoisotopic (exact) mass is 254 g/mol. The predicted octanol–water partition coefficient (Wildman–Crippen LogP) is 2.76. The van der Waals surface area contributed by atoms with Gasteiger partial charge in [-0.05, 0) is 18.2 Å². The summed E-state index contributed by atoms with van der Waals surface area (Å²) in [5.41, 5.74) is 6.51. The van der Waals surface area contributed by atoms with Crippen molar-refractivity contribution in [2.75, 3.05) is 5.73 Å². The van der Waals surface area contributed by atoms with Crippen LogP contribution in [0.3, 0.4) is 0 Å². The first-order chi connectivity index (χ1) is 8.83. The van der Waals surface area contributed by atoms with E-state index in [9.17, 15) is 0 Å². The molecule has 0 aliphatic heterocycles. The summed E-state index contributed by atoms with van der Waals surface area (Å²) in [6.45, 7) is 0. The van der Waals surface area contributed by atoms with Crippen molar-refractivity contribution in [3.63, 3.8) is 0 Å². The lowest BCUT2D eigenvalue weighted by Crippen LogP contribution is -1.89. The van der Waals surface area contributed by atoms with E-state index < -0.39 is 0 Å². The molecule has 5 heteroatoms. The first-order valence-electron chi connectivity index (χ1n) is 5.42. The minimum absolute atomic E-state index is 0.520. The molecule has 88 valence electrons. The van der Waals surface area contributed by atoms with E-state index >= 15 is 0 Å². The number of aromatic nitrogens is 3. The maximum atomic E-state index is 5.56. The highest BCUT2D eigenvalue weighted by atomic mass is 32.2. The highest BCUT2D eigenvalue weighted by Crippen LogP contribution is 2.30. The van der Waals surface area contributed by atoms with Gasteiger partial charge in [0.15, 0.2) is 0 Å². The summed E-state index contributed by atoms with van der Waals surface area (Å²) in [5.74, 6) is 0.520. The summed E-state index contributed by atoms with van der Waals surface area (Å²) < 4.78 is 0. The van der Waals surface area contributed by atoms with Gasteiger partial charge in [-0.3, -0.25) is 0 Å². The van der Waals surface area contributed by atoms with Gasteiger partial charge in [-0.1, -0.05) is 30.0 Å². The smallest absolute Gasteiger partial charge is 0.123 e. The zero-order valence-electron chi connectivity index (χ0n) is 9.45. The highest BCUT2D eigenvalue weighted by molar-refractivity contribution is 7.99. The van der Waals surface area contributed by atoms with Crippen molar-refractivity contribution in [2.45, 2.75) is 9.92 Å². The van der Waals surface area contributed by atoms with Crippen molar-refractivity contribution in [3.05, 3.63) is 48.9 Å². The van der Waals surface area contributed by atoms with Crippen molar-refractivity contribution in [2.24, 2.45) is 0 Å². The van der Waals surface area contributed by atoms with E-state index in [-0.39, 0.29) is 0 Å². The number of pyridine rings is 1. The molecule has 3 aromatic rings. The zero-order chi connectivity index (χ0) is 12.4. The lowest BCUT2D eigenvalue weighted by Gasteiger charge is -2.04. The van der Waals surface area contributed by atoms with Crippen molar-refractivity contribution in [1.29, 1.82) is 0 Å². The number of fused-ring (bicyclic) bond motifs is 1. The predicted molar refractivity (Wildman–Crippen MR) is 72.3 cm³/mol. The summed E-state index contributed by atoms with van der Waals surface area (Å²) in [7, 11) is 0. The molecule has 0 bridgehead atoms. The van der Waals surface area contributed by atoms with E-state index in [4.69, 9.17) is 5.73 Å². The molecule has 2 N–H and O–H groups in total. The van der Waals surface area contributed by atoms with Crippen LogP contribution in [0.15, 0.2) is 58.8 Å². The Morgan fingerprint density at radius 1 is 0.944 bits per heavy atom. The number of benzene rings is 1. The number of nitrogens with zero attached hydrogens (tertiary/aromatic N) is 3. The maximum Gasteiger partial charge on any atom is 0.123 e. The Hall–Kier alpha value is -2.14. The minimum Gasteiger partial charge on any atom is -0.384 e. The van der Waals surface area contributed by atoms with Gasteiger partial charge in [0.05, 0.1) is 5.52 Å². The second kappa shape index (κ2) is 4.62. The summed E-state index contributed by atoms with van der Waals surface area (Å²) >= 11 is 1.56. The Morgan fingerprint density at radius 2 is 1.83 bits per heavy atom. The first-order valence-corrected chi connectivity index (χ1v) is 6.24. The Kier molecular flexibility index (Phi) is 2.82. The molecular weight excluding hydrogens is 244 g/mol. The van der Waals surface area contributed by atoms with Crippen LogP contribution in [0.2, 0.25) is 0 Å². The van der Waals surface area contributed by atoms with Crippen LogP contribution in [0.4, 0.5) is 5.82 Å². The van der Waals surface area contributed by atoms with E-state index in [0.29, 0.717) is 5.82 Å². The molecule has 18 heavy (non-hydrogen) atoms. The normalized spacial score (nSPS) is 10.7. The quantitative estimate of drug-likeness (QED) is 0.712. The summed E-state index contributed by atoms with van der Waals surface area (Å²) in [6, 6.07) is 11.7. The van der Waals surface area contributed by atoms with Gasteiger partial charge in [0.1, 0.15) is 17.2 Å². The molecule has 1 aromatic carbocycles. The first kappa shape index (κ1) is 11.0. The van der Waals surface area contributed by atoms with E-state index in [1.807, 2.05) is 30.3 Å². The number of para-hydroxylation sites is 1. The fourth-order valence-electron chi connectivity index (χ4n) is 1.63. The number of rotatable bonds is 2. The number of hydrogen-bond acceptors (Lipinski definition) is 5. The molecule has 3 rings (SSSR count). The van der Waals surface area contributed by atoms with Crippen LogP contribution in [0.5, 0.6) is 0 Å². The standard InChI is InChI=1S/C13H10N4S/c14-12-6-5-9(7-15-12)18-13-10-3-1-2-4-11(10)16-8-17-13/h1-8H,(H2,14,15). The molecule has 0 fully saturated rings. The molecule has 0 saturated carbocycles. The van der Waals surface area contributed by atoms with Crippen LogP contribution in [0, 0.1) is 0 Å². The second-order valence-electron chi connectivity index (χ2n) is 3.72. The Bertz CT molecular complexity index is 677. The van der Waals surface area contributed by atoms with E-state index in [1.165, 1.54) is 0 Å². The maximum absolute atomic E-state index is 5.56. The molecule has 2 aromatic heterocycles. The molecular formula is C13H10N4S. The molecule has 0 atom stereocenters.